The maximum absolute atomic E-state index is 13.9. The van der Waals surface area contributed by atoms with Gasteiger partial charge in [-0.05, 0) is 61.7 Å². The summed E-state index contributed by atoms with van der Waals surface area (Å²) in [7, 11) is -2.10. The van der Waals surface area contributed by atoms with Gasteiger partial charge in [-0.3, -0.25) is 9.59 Å². The molecule has 3 aliphatic rings. The predicted molar refractivity (Wildman–Crippen MR) is 148 cm³/mol. The number of carboxylic acid groups (broad SMARTS) is 1. The Labute approximate surface area is 227 Å². The molecule has 0 bridgehead atoms. The van der Waals surface area contributed by atoms with Gasteiger partial charge in [0.15, 0.2) is 8.32 Å². The van der Waals surface area contributed by atoms with E-state index >= 15 is 0 Å². The van der Waals surface area contributed by atoms with Gasteiger partial charge >= 0.3 is 12.1 Å². The summed E-state index contributed by atoms with van der Waals surface area (Å²) in [6.45, 7) is 11.2. The molecule has 5 atom stereocenters. The summed E-state index contributed by atoms with van der Waals surface area (Å²) in [6.07, 6.45) is 6.03. The minimum absolute atomic E-state index is 0.0459. The van der Waals surface area contributed by atoms with Gasteiger partial charge in [0, 0.05) is 5.92 Å². The van der Waals surface area contributed by atoms with E-state index < -0.39 is 44.2 Å². The summed E-state index contributed by atoms with van der Waals surface area (Å²) >= 11 is 0. The largest absolute Gasteiger partial charge is 0.481 e. The van der Waals surface area contributed by atoms with Crippen LogP contribution >= 0.6 is 0 Å². The van der Waals surface area contributed by atoms with Crippen molar-refractivity contribution in [3.8, 4) is 0 Å². The zero-order valence-corrected chi connectivity index (χ0v) is 24.4. The van der Waals surface area contributed by atoms with E-state index in [1.165, 1.54) is 4.90 Å². The number of carboxylic acids is 1. The van der Waals surface area contributed by atoms with Gasteiger partial charge in [-0.2, -0.15) is 0 Å². The third-order valence-electron chi connectivity index (χ3n) is 8.46. The number of hydrogen-bond donors (Lipinski definition) is 1. The highest BCUT2D eigenvalue weighted by Gasteiger charge is 2.59. The van der Waals surface area contributed by atoms with E-state index in [1.54, 1.807) is 0 Å². The lowest BCUT2D eigenvalue weighted by molar-refractivity contribution is -0.150. The Bertz CT molecular complexity index is 1060. The highest BCUT2D eigenvalue weighted by Crippen LogP contribution is 2.50. The summed E-state index contributed by atoms with van der Waals surface area (Å²) in [5, 5.41) is 10.3. The maximum Gasteiger partial charge on any atom is 0.417 e. The van der Waals surface area contributed by atoms with Crippen LogP contribution in [0, 0.1) is 29.1 Å². The second kappa shape index (κ2) is 11.3. The number of aliphatic carboxylic acids is 1. The van der Waals surface area contributed by atoms with Crippen molar-refractivity contribution in [3.05, 3.63) is 47.5 Å². The summed E-state index contributed by atoms with van der Waals surface area (Å²) in [5.74, 6) is -3.53. The molecule has 1 aliphatic heterocycles. The van der Waals surface area contributed by atoms with Gasteiger partial charge in [-0.1, -0.05) is 69.2 Å². The van der Waals surface area contributed by atoms with Crippen molar-refractivity contribution in [3.63, 3.8) is 0 Å². The minimum Gasteiger partial charge on any atom is -0.481 e. The van der Waals surface area contributed by atoms with E-state index in [4.69, 9.17) is 9.16 Å². The number of allylic oxidation sites excluding steroid dienone is 1. The number of imide groups is 1. The third-order valence-corrected chi connectivity index (χ3v) is 10.9. The predicted octanol–water partition coefficient (Wildman–Crippen LogP) is 6.26. The summed E-state index contributed by atoms with van der Waals surface area (Å²) in [6, 6.07) is 9.73. The van der Waals surface area contributed by atoms with Crippen molar-refractivity contribution < 1.29 is 28.7 Å². The molecule has 4 rings (SSSR count). The first-order chi connectivity index (χ1) is 17.9. The lowest BCUT2D eigenvalue weighted by Crippen LogP contribution is -2.45. The lowest BCUT2D eigenvalue weighted by Gasteiger charge is -2.39. The van der Waals surface area contributed by atoms with E-state index in [0.29, 0.717) is 0 Å². The average molecular weight is 542 g/mol. The number of nitrogens with zero attached hydrogens (tertiary/aromatic N) is 1. The second-order valence-corrected chi connectivity index (χ2v) is 17.3. The van der Waals surface area contributed by atoms with Crippen LogP contribution in [0.4, 0.5) is 4.79 Å². The van der Waals surface area contributed by atoms with Crippen LogP contribution in [0.1, 0.15) is 58.4 Å². The number of rotatable bonds is 8. The Hall–Kier alpha value is -2.45. The van der Waals surface area contributed by atoms with Gasteiger partial charge < -0.3 is 14.3 Å². The van der Waals surface area contributed by atoms with Crippen LogP contribution in [0.5, 0.6) is 0 Å². The molecule has 1 saturated carbocycles. The molecule has 1 saturated heterocycles. The Morgan fingerprint density at radius 3 is 2.50 bits per heavy atom. The fourth-order valence-corrected chi connectivity index (χ4v) is 8.39. The standard InChI is InChI=1S/C30H43NO6Si/c1-30(2,3)15-16-38(4,5)37-19-24-23-17-21-13-9-10-14-22(21)26(28(33)34)25(23)27(32)31(24)29(35)36-18-20-11-7-6-8-12-20/h6-8,11-12,17,22-26H,9-10,13-16,18-19H2,1-5H3,(H,33,34)/t22-,23-,24+,25+,26-/m0/s1. The summed E-state index contributed by atoms with van der Waals surface area (Å²) in [4.78, 5) is 41.0. The Morgan fingerprint density at radius 2 is 1.84 bits per heavy atom. The van der Waals surface area contributed by atoms with Crippen LogP contribution in [0.3, 0.4) is 0 Å². The topological polar surface area (TPSA) is 93.1 Å². The van der Waals surface area contributed by atoms with E-state index in [0.717, 1.165) is 49.3 Å². The van der Waals surface area contributed by atoms with Crippen LogP contribution in [0.2, 0.25) is 19.1 Å². The quantitative estimate of drug-likeness (QED) is 0.309. The number of hydrogen-bond acceptors (Lipinski definition) is 5. The zero-order valence-electron chi connectivity index (χ0n) is 23.4. The Balaban J connectivity index is 1.61. The van der Waals surface area contributed by atoms with Crippen LogP contribution in [0.15, 0.2) is 42.0 Å². The molecule has 1 heterocycles. The Kier molecular flexibility index (Phi) is 8.52. The molecule has 2 amide bonds. The number of carbonyl (C=O) groups is 3. The number of benzene rings is 1. The number of fused-ring (bicyclic) bond motifs is 2. The molecular weight excluding hydrogens is 498 g/mol. The molecule has 0 aromatic heterocycles. The smallest absolute Gasteiger partial charge is 0.417 e. The van der Waals surface area contributed by atoms with Crippen LogP contribution < -0.4 is 0 Å². The van der Waals surface area contributed by atoms with E-state index in [2.05, 4.69) is 39.9 Å². The first-order valence-corrected chi connectivity index (χ1v) is 17.1. The fourth-order valence-electron chi connectivity index (χ4n) is 6.27. The summed E-state index contributed by atoms with van der Waals surface area (Å²) in [5.41, 5.74) is 2.14. The van der Waals surface area contributed by atoms with Gasteiger partial charge in [0.2, 0.25) is 5.91 Å². The van der Waals surface area contributed by atoms with Gasteiger partial charge in [0.05, 0.1) is 24.5 Å². The van der Waals surface area contributed by atoms with Crippen molar-refractivity contribution in [2.75, 3.05) is 6.61 Å². The number of ether oxygens (including phenoxy) is 1. The molecule has 2 aliphatic carbocycles. The van der Waals surface area contributed by atoms with Gasteiger partial charge in [0.1, 0.15) is 6.61 Å². The molecule has 208 valence electrons. The SMILES string of the molecule is CC(C)(C)CC[Si](C)(C)OC[C@@H]1[C@@H]2C=C3CCCC[C@@H]3[C@H](C(=O)O)[C@@H]2C(=O)N1C(=O)OCc1ccccc1. The van der Waals surface area contributed by atoms with Gasteiger partial charge in [-0.15, -0.1) is 0 Å². The van der Waals surface area contributed by atoms with Crippen molar-refractivity contribution in [1.29, 1.82) is 0 Å². The second-order valence-electron chi connectivity index (χ2n) is 13.0. The van der Waals surface area contributed by atoms with Crippen molar-refractivity contribution in [1.82, 2.24) is 4.90 Å². The summed E-state index contributed by atoms with van der Waals surface area (Å²) < 4.78 is 12.2. The number of carbonyl (C=O) groups excluding carboxylic acids is 2. The van der Waals surface area contributed by atoms with Crippen molar-refractivity contribution in [2.45, 2.75) is 84.7 Å². The molecule has 38 heavy (non-hydrogen) atoms. The minimum atomic E-state index is -2.10. The van der Waals surface area contributed by atoms with Crippen LogP contribution in [0.25, 0.3) is 0 Å². The molecular formula is C30H43NO6Si. The normalized spacial score (nSPS) is 27.4. The first-order valence-electron chi connectivity index (χ1n) is 14.0. The van der Waals surface area contributed by atoms with Crippen molar-refractivity contribution >= 4 is 26.3 Å². The molecule has 0 radical (unpaired) electrons. The molecule has 1 aromatic carbocycles. The molecule has 2 fully saturated rings. The molecule has 7 nitrogen and oxygen atoms in total. The van der Waals surface area contributed by atoms with E-state index in [-0.39, 0.29) is 30.5 Å². The third kappa shape index (κ3) is 6.39. The van der Waals surface area contributed by atoms with Gasteiger partial charge in [0.25, 0.3) is 0 Å². The highest BCUT2D eigenvalue weighted by atomic mass is 28.4. The maximum atomic E-state index is 13.9. The number of amides is 2. The van der Waals surface area contributed by atoms with Crippen molar-refractivity contribution in [2.24, 2.45) is 29.1 Å². The lowest BCUT2D eigenvalue weighted by atomic mass is 9.63. The molecule has 1 aromatic rings. The van der Waals surface area contributed by atoms with E-state index in [1.807, 2.05) is 30.3 Å². The van der Waals surface area contributed by atoms with Crippen LogP contribution in [-0.2, 0) is 25.4 Å². The first kappa shape index (κ1) is 28.6. The highest BCUT2D eigenvalue weighted by molar-refractivity contribution is 6.71. The van der Waals surface area contributed by atoms with Crippen LogP contribution in [-0.4, -0.2) is 48.9 Å². The average Bonchev–Trinajstić information content (AvgIpc) is 3.14. The Morgan fingerprint density at radius 1 is 1.13 bits per heavy atom. The molecule has 0 spiro atoms. The van der Waals surface area contributed by atoms with E-state index in [9.17, 15) is 19.5 Å². The monoisotopic (exact) mass is 541 g/mol. The molecule has 8 heteroatoms. The fraction of sp³-hybridized carbons (Fsp3) is 0.633. The number of likely N-dealkylation sites (tertiary alicyclic amines) is 1. The molecule has 1 N–H and O–H groups in total. The zero-order chi connectivity index (χ0) is 27.7. The molecule has 0 unspecified atom stereocenters. The van der Waals surface area contributed by atoms with Gasteiger partial charge in [-0.25, -0.2) is 9.69 Å².